The molecule has 6 heteroatoms. The third-order valence-corrected chi connectivity index (χ3v) is 4.80. The number of Topliss-reactive ketones (excluding diaryl/α,β-unsaturated/α-hetero) is 1. The highest BCUT2D eigenvalue weighted by Crippen LogP contribution is 2.35. The Kier molecular flexibility index (Phi) is 5.42. The van der Waals surface area contributed by atoms with Crippen LogP contribution < -0.4 is 4.74 Å². The zero-order valence-electron chi connectivity index (χ0n) is 15.3. The van der Waals surface area contributed by atoms with Gasteiger partial charge in [0.15, 0.2) is 5.78 Å². The molecular weight excluding hydrogens is 334 g/mol. The van der Waals surface area contributed by atoms with E-state index < -0.39 is 5.97 Å². The van der Waals surface area contributed by atoms with Crippen LogP contribution in [0.1, 0.15) is 50.0 Å². The van der Waals surface area contributed by atoms with Crippen molar-refractivity contribution in [3.63, 3.8) is 0 Å². The summed E-state index contributed by atoms with van der Waals surface area (Å²) in [5.41, 5.74) is 3.54. The molecule has 0 saturated carbocycles. The van der Waals surface area contributed by atoms with Crippen LogP contribution in [0.2, 0.25) is 0 Å². The number of H-pyrrole nitrogens is 1. The standard InChI is InChI=1S/C20H23NO5/c1-12-18-16(21-19(12)20(23)26-9-8-24-2)10-14(11-17(18)22)13-4-6-15(25-3)7-5-13/h4-7,14,21H,8-11H2,1-3H3/t14-/m0/s1. The lowest BCUT2D eigenvalue weighted by Crippen LogP contribution is -2.18. The average Bonchev–Trinajstić information content (AvgIpc) is 2.99. The predicted octanol–water partition coefficient (Wildman–Crippen LogP) is 3.05. The van der Waals surface area contributed by atoms with E-state index in [1.807, 2.05) is 24.3 Å². The predicted molar refractivity (Wildman–Crippen MR) is 96.1 cm³/mol. The summed E-state index contributed by atoms with van der Waals surface area (Å²) < 4.78 is 15.3. The van der Waals surface area contributed by atoms with Gasteiger partial charge in [-0.25, -0.2) is 4.79 Å². The van der Waals surface area contributed by atoms with E-state index in [4.69, 9.17) is 14.2 Å². The van der Waals surface area contributed by atoms with Gasteiger partial charge in [-0.2, -0.15) is 0 Å². The molecule has 0 fully saturated rings. The van der Waals surface area contributed by atoms with E-state index in [0.717, 1.165) is 17.0 Å². The minimum Gasteiger partial charge on any atom is -0.497 e. The Balaban J connectivity index is 1.82. The number of methoxy groups -OCH3 is 2. The molecule has 1 aliphatic rings. The fourth-order valence-corrected chi connectivity index (χ4v) is 3.44. The van der Waals surface area contributed by atoms with E-state index in [1.54, 1.807) is 21.1 Å². The number of ether oxygens (including phenoxy) is 3. The van der Waals surface area contributed by atoms with Crippen LogP contribution in [0.15, 0.2) is 24.3 Å². The summed E-state index contributed by atoms with van der Waals surface area (Å²) in [5, 5.41) is 0. The molecule has 138 valence electrons. The van der Waals surface area contributed by atoms with Crippen LogP contribution in [0.4, 0.5) is 0 Å². The number of aromatic amines is 1. The van der Waals surface area contributed by atoms with Crippen LogP contribution in [-0.4, -0.2) is 44.2 Å². The van der Waals surface area contributed by atoms with Crippen LogP contribution in [-0.2, 0) is 15.9 Å². The number of benzene rings is 1. The van der Waals surface area contributed by atoms with E-state index in [1.165, 1.54) is 0 Å². The smallest absolute Gasteiger partial charge is 0.355 e. The first-order chi connectivity index (χ1) is 12.5. The molecule has 1 N–H and O–H groups in total. The Morgan fingerprint density at radius 2 is 1.88 bits per heavy atom. The van der Waals surface area contributed by atoms with Crippen molar-refractivity contribution in [3.05, 3.63) is 52.3 Å². The fourth-order valence-electron chi connectivity index (χ4n) is 3.44. The highest BCUT2D eigenvalue weighted by atomic mass is 16.6. The lowest BCUT2D eigenvalue weighted by molar-refractivity contribution is 0.0381. The Bertz CT molecular complexity index is 806. The Morgan fingerprint density at radius 3 is 2.54 bits per heavy atom. The molecule has 1 heterocycles. The van der Waals surface area contributed by atoms with Crippen LogP contribution in [0, 0.1) is 6.92 Å². The molecule has 6 nitrogen and oxygen atoms in total. The molecule has 26 heavy (non-hydrogen) atoms. The molecule has 3 rings (SSSR count). The van der Waals surface area contributed by atoms with Gasteiger partial charge in [0.2, 0.25) is 0 Å². The van der Waals surface area contributed by atoms with Crippen molar-refractivity contribution < 1.29 is 23.8 Å². The van der Waals surface area contributed by atoms with Gasteiger partial charge in [-0.1, -0.05) is 12.1 Å². The van der Waals surface area contributed by atoms with Gasteiger partial charge in [0.25, 0.3) is 0 Å². The maximum Gasteiger partial charge on any atom is 0.355 e. The summed E-state index contributed by atoms with van der Waals surface area (Å²) in [4.78, 5) is 28.1. The summed E-state index contributed by atoms with van der Waals surface area (Å²) in [5.74, 6) is 0.462. The number of ketones is 1. The number of rotatable bonds is 6. The largest absolute Gasteiger partial charge is 0.497 e. The lowest BCUT2D eigenvalue weighted by Gasteiger charge is -2.22. The van der Waals surface area contributed by atoms with Crippen molar-refractivity contribution in [1.82, 2.24) is 4.98 Å². The zero-order valence-corrected chi connectivity index (χ0v) is 15.3. The molecule has 0 unspecified atom stereocenters. The van der Waals surface area contributed by atoms with Crippen molar-refractivity contribution in [2.75, 3.05) is 27.4 Å². The molecule has 1 atom stereocenters. The molecule has 0 bridgehead atoms. The Labute approximate surface area is 152 Å². The van der Waals surface area contributed by atoms with Gasteiger partial charge < -0.3 is 19.2 Å². The van der Waals surface area contributed by atoms with Gasteiger partial charge in [-0.05, 0) is 42.5 Å². The Morgan fingerprint density at radius 1 is 1.15 bits per heavy atom. The van der Waals surface area contributed by atoms with Crippen LogP contribution in [0.5, 0.6) is 5.75 Å². The van der Waals surface area contributed by atoms with Gasteiger partial charge in [-0.15, -0.1) is 0 Å². The second-order valence-corrected chi connectivity index (χ2v) is 6.41. The number of carbonyl (C=O) groups excluding carboxylic acids is 2. The third kappa shape index (κ3) is 3.51. The zero-order chi connectivity index (χ0) is 18.7. The number of nitrogens with one attached hydrogen (secondary N) is 1. The van der Waals surface area contributed by atoms with E-state index in [0.29, 0.717) is 36.3 Å². The van der Waals surface area contributed by atoms with Crippen molar-refractivity contribution in [2.45, 2.75) is 25.7 Å². The number of hydrogen-bond donors (Lipinski definition) is 1. The summed E-state index contributed by atoms with van der Waals surface area (Å²) in [6.07, 6.45) is 1.11. The third-order valence-electron chi connectivity index (χ3n) is 4.80. The second-order valence-electron chi connectivity index (χ2n) is 6.41. The summed E-state index contributed by atoms with van der Waals surface area (Å²) in [6.45, 7) is 2.30. The van der Waals surface area contributed by atoms with Gasteiger partial charge in [0.1, 0.15) is 18.1 Å². The molecule has 1 aliphatic carbocycles. The summed E-state index contributed by atoms with van der Waals surface area (Å²) in [7, 11) is 3.17. The molecular formula is C20H23NO5. The van der Waals surface area contributed by atoms with Crippen LogP contribution in [0.3, 0.4) is 0 Å². The highest BCUT2D eigenvalue weighted by molar-refractivity contribution is 6.03. The number of carbonyl (C=O) groups is 2. The number of aromatic nitrogens is 1. The van der Waals surface area contributed by atoms with Gasteiger partial charge >= 0.3 is 5.97 Å². The van der Waals surface area contributed by atoms with Crippen molar-refractivity contribution >= 4 is 11.8 Å². The molecule has 0 aliphatic heterocycles. The number of fused-ring (bicyclic) bond motifs is 1. The quantitative estimate of drug-likeness (QED) is 0.635. The van der Waals surface area contributed by atoms with Crippen molar-refractivity contribution in [3.8, 4) is 5.75 Å². The summed E-state index contributed by atoms with van der Waals surface area (Å²) in [6, 6.07) is 7.76. The lowest BCUT2D eigenvalue weighted by atomic mass is 9.81. The number of hydrogen-bond acceptors (Lipinski definition) is 5. The fraction of sp³-hybridized carbons (Fsp3) is 0.400. The maximum atomic E-state index is 12.7. The van der Waals surface area contributed by atoms with E-state index in [2.05, 4.69) is 4.98 Å². The van der Waals surface area contributed by atoms with Crippen molar-refractivity contribution in [2.24, 2.45) is 0 Å². The molecule has 1 aromatic carbocycles. The molecule has 1 aromatic heterocycles. The topological polar surface area (TPSA) is 77.6 Å². The maximum absolute atomic E-state index is 12.7. The monoisotopic (exact) mass is 357 g/mol. The van der Waals surface area contributed by atoms with E-state index >= 15 is 0 Å². The van der Waals surface area contributed by atoms with E-state index in [-0.39, 0.29) is 18.3 Å². The average molecular weight is 357 g/mol. The minimum absolute atomic E-state index is 0.0526. The molecule has 2 aromatic rings. The summed E-state index contributed by atoms with van der Waals surface area (Å²) >= 11 is 0. The molecule has 0 saturated heterocycles. The van der Waals surface area contributed by atoms with E-state index in [9.17, 15) is 9.59 Å². The van der Waals surface area contributed by atoms with Gasteiger partial charge in [0, 0.05) is 24.8 Å². The first kappa shape index (κ1) is 18.2. The first-order valence-corrected chi connectivity index (χ1v) is 8.59. The minimum atomic E-state index is -0.456. The molecule has 0 amide bonds. The van der Waals surface area contributed by atoms with Gasteiger partial charge in [-0.3, -0.25) is 4.79 Å². The number of esters is 1. The normalized spacial score (nSPS) is 16.3. The van der Waals surface area contributed by atoms with Crippen LogP contribution in [0.25, 0.3) is 0 Å². The second kappa shape index (κ2) is 7.74. The van der Waals surface area contributed by atoms with Crippen LogP contribution >= 0.6 is 0 Å². The SMILES string of the molecule is COCCOC(=O)c1[nH]c2c(c1C)C(=O)C[C@@H](c1ccc(OC)cc1)C2. The van der Waals surface area contributed by atoms with Crippen molar-refractivity contribution in [1.29, 1.82) is 0 Å². The molecule has 0 radical (unpaired) electrons. The first-order valence-electron chi connectivity index (χ1n) is 8.59. The Hall–Kier alpha value is -2.60. The molecule has 0 spiro atoms. The van der Waals surface area contributed by atoms with Gasteiger partial charge in [0.05, 0.1) is 13.7 Å². The highest BCUT2D eigenvalue weighted by Gasteiger charge is 2.32.